The molecule has 4 rings (SSSR count). The first-order valence-corrected chi connectivity index (χ1v) is 8.32. The minimum atomic E-state index is -0.139. The number of urea groups is 1. The van der Waals surface area contributed by atoms with Crippen LogP contribution in [0.3, 0.4) is 0 Å². The Bertz CT molecular complexity index is 903. The van der Waals surface area contributed by atoms with E-state index in [4.69, 9.17) is 13.9 Å². The molecule has 130 valence electrons. The lowest BCUT2D eigenvalue weighted by atomic mass is 10.1. The van der Waals surface area contributed by atoms with Gasteiger partial charge in [-0.2, -0.15) is 0 Å². The van der Waals surface area contributed by atoms with Gasteiger partial charge in [0.15, 0.2) is 0 Å². The fourth-order valence-corrected chi connectivity index (χ4v) is 3.20. The number of furan rings is 1. The Morgan fingerprint density at radius 3 is 2.96 bits per heavy atom. The van der Waals surface area contributed by atoms with Crippen LogP contribution in [0.5, 0.6) is 0 Å². The van der Waals surface area contributed by atoms with Crippen molar-refractivity contribution < 1.29 is 18.7 Å². The molecular weight excluding hydrogens is 320 g/mol. The fraction of sp³-hybridized carbons (Fsp3) is 0.316. The first-order valence-electron chi connectivity index (χ1n) is 8.32. The van der Waals surface area contributed by atoms with Crippen LogP contribution in [0.25, 0.3) is 21.9 Å². The summed E-state index contributed by atoms with van der Waals surface area (Å²) >= 11 is 0. The standard InChI is InChI=1S/C19H20N2O4/c1-23-12-14-11-21(8-9-24-14)19(22)20-13-6-7-16-15-4-2-3-5-17(15)25-18(16)10-13/h2-7,10,14H,8-9,11-12H2,1H3,(H,20,22)/t14-/m0/s1. The minimum Gasteiger partial charge on any atom is -0.456 e. The second-order valence-electron chi connectivity index (χ2n) is 6.13. The van der Waals surface area contributed by atoms with Crippen LogP contribution in [0.15, 0.2) is 46.9 Å². The average molecular weight is 340 g/mol. The number of hydrogen-bond acceptors (Lipinski definition) is 4. The summed E-state index contributed by atoms with van der Waals surface area (Å²) in [6.45, 7) is 2.09. The van der Waals surface area contributed by atoms with E-state index in [1.54, 1.807) is 12.0 Å². The number of para-hydroxylation sites is 1. The zero-order chi connectivity index (χ0) is 17.2. The van der Waals surface area contributed by atoms with E-state index in [-0.39, 0.29) is 12.1 Å². The van der Waals surface area contributed by atoms with Gasteiger partial charge in [0, 0.05) is 36.2 Å². The number of methoxy groups -OCH3 is 1. The number of anilines is 1. The molecule has 3 aromatic rings. The molecule has 0 radical (unpaired) electrons. The molecule has 1 saturated heterocycles. The highest BCUT2D eigenvalue weighted by Crippen LogP contribution is 2.30. The molecule has 1 N–H and O–H groups in total. The summed E-state index contributed by atoms with van der Waals surface area (Å²) in [4.78, 5) is 14.3. The van der Waals surface area contributed by atoms with Crippen molar-refractivity contribution in [2.45, 2.75) is 6.10 Å². The Morgan fingerprint density at radius 1 is 1.24 bits per heavy atom. The molecule has 6 nitrogen and oxygen atoms in total. The SMILES string of the molecule is COC[C@@H]1CN(C(=O)Nc2ccc3c(c2)oc2ccccc23)CCO1. The summed E-state index contributed by atoms with van der Waals surface area (Å²) < 4.78 is 16.6. The van der Waals surface area contributed by atoms with Crippen LogP contribution in [0, 0.1) is 0 Å². The molecule has 1 atom stereocenters. The summed E-state index contributed by atoms with van der Waals surface area (Å²) in [7, 11) is 1.63. The Morgan fingerprint density at radius 2 is 2.08 bits per heavy atom. The molecule has 2 aromatic carbocycles. The predicted octanol–water partition coefficient (Wildman–Crippen LogP) is 3.47. The van der Waals surface area contributed by atoms with E-state index >= 15 is 0 Å². The lowest BCUT2D eigenvalue weighted by molar-refractivity contribution is -0.0481. The number of carbonyl (C=O) groups is 1. The minimum absolute atomic E-state index is 0.0812. The molecule has 1 fully saturated rings. The van der Waals surface area contributed by atoms with Crippen molar-refractivity contribution in [2.24, 2.45) is 0 Å². The molecule has 6 heteroatoms. The second kappa shape index (κ2) is 6.74. The van der Waals surface area contributed by atoms with Crippen molar-refractivity contribution in [3.05, 3.63) is 42.5 Å². The third-order valence-corrected chi connectivity index (χ3v) is 4.41. The van der Waals surface area contributed by atoms with Gasteiger partial charge in [0.1, 0.15) is 11.2 Å². The van der Waals surface area contributed by atoms with Gasteiger partial charge in [-0.15, -0.1) is 0 Å². The Balaban J connectivity index is 1.52. The van der Waals surface area contributed by atoms with Gasteiger partial charge in [-0.05, 0) is 18.2 Å². The quantitative estimate of drug-likeness (QED) is 0.793. The maximum absolute atomic E-state index is 12.5. The molecular formula is C19H20N2O4. The first-order chi connectivity index (χ1) is 12.2. The highest BCUT2D eigenvalue weighted by atomic mass is 16.5. The van der Waals surface area contributed by atoms with E-state index in [2.05, 4.69) is 5.32 Å². The van der Waals surface area contributed by atoms with E-state index in [0.29, 0.717) is 32.0 Å². The number of nitrogens with one attached hydrogen (secondary N) is 1. The molecule has 2 heterocycles. The topological polar surface area (TPSA) is 63.9 Å². The number of rotatable bonds is 3. The zero-order valence-corrected chi connectivity index (χ0v) is 14.0. The van der Waals surface area contributed by atoms with E-state index in [1.807, 2.05) is 42.5 Å². The van der Waals surface area contributed by atoms with Gasteiger partial charge < -0.3 is 24.1 Å². The van der Waals surface area contributed by atoms with Crippen LogP contribution in [-0.2, 0) is 9.47 Å². The number of nitrogens with zero attached hydrogens (tertiary/aromatic N) is 1. The van der Waals surface area contributed by atoms with Gasteiger partial charge in [0.05, 0.1) is 25.9 Å². The Kier molecular flexibility index (Phi) is 4.29. The fourth-order valence-electron chi connectivity index (χ4n) is 3.20. The second-order valence-corrected chi connectivity index (χ2v) is 6.13. The highest BCUT2D eigenvalue weighted by molar-refractivity contribution is 6.06. The normalized spacial score (nSPS) is 18.0. The number of ether oxygens (including phenoxy) is 2. The molecule has 2 amide bonds. The van der Waals surface area contributed by atoms with Crippen LogP contribution < -0.4 is 5.32 Å². The average Bonchev–Trinajstić information content (AvgIpc) is 3.00. The van der Waals surface area contributed by atoms with E-state index in [1.165, 1.54) is 0 Å². The maximum Gasteiger partial charge on any atom is 0.322 e. The third-order valence-electron chi connectivity index (χ3n) is 4.41. The molecule has 1 aromatic heterocycles. The van der Waals surface area contributed by atoms with Crippen molar-refractivity contribution in [1.82, 2.24) is 4.90 Å². The van der Waals surface area contributed by atoms with Crippen molar-refractivity contribution in [1.29, 1.82) is 0 Å². The van der Waals surface area contributed by atoms with Crippen LogP contribution in [0.2, 0.25) is 0 Å². The van der Waals surface area contributed by atoms with Crippen LogP contribution >= 0.6 is 0 Å². The summed E-state index contributed by atoms with van der Waals surface area (Å²) in [5.41, 5.74) is 2.32. The Labute approximate surface area is 145 Å². The summed E-state index contributed by atoms with van der Waals surface area (Å²) in [6, 6.07) is 13.5. The van der Waals surface area contributed by atoms with Crippen molar-refractivity contribution >= 4 is 33.7 Å². The molecule has 0 saturated carbocycles. The van der Waals surface area contributed by atoms with E-state index in [0.717, 1.165) is 21.9 Å². The van der Waals surface area contributed by atoms with Crippen LogP contribution in [0.1, 0.15) is 0 Å². The summed E-state index contributed by atoms with van der Waals surface area (Å²) in [5.74, 6) is 0. The summed E-state index contributed by atoms with van der Waals surface area (Å²) in [6.07, 6.45) is -0.0812. The van der Waals surface area contributed by atoms with Gasteiger partial charge in [-0.1, -0.05) is 18.2 Å². The molecule has 0 spiro atoms. The Hall–Kier alpha value is -2.57. The smallest absolute Gasteiger partial charge is 0.322 e. The molecule has 1 aliphatic rings. The van der Waals surface area contributed by atoms with Gasteiger partial charge in [-0.3, -0.25) is 0 Å². The van der Waals surface area contributed by atoms with Crippen LogP contribution in [0.4, 0.5) is 10.5 Å². The largest absolute Gasteiger partial charge is 0.456 e. The molecule has 0 aliphatic carbocycles. The number of morpholine rings is 1. The number of carbonyl (C=O) groups excluding carboxylic acids is 1. The lowest BCUT2D eigenvalue weighted by Gasteiger charge is -2.32. The highest BCUT2D eigenvalue weighted by Gasteiger charge is 2.24. The van der Waals surface area contributed by atoms with Crippen molar-refractivity contribution in [3.8, 4) is 0 Å². The van der Waals surface area contributed by atoms with Crippen molar-refractivity contribution in [2.75, 3.05) is 38.7 Å². The number of fused-ring (bicyclic) bond motifs is 3. The predicted molar refractivity (Wildman–Crippen MR) is 95.9 cm³/mol. The van der Waals surface area contributed by atoms with Crippen LogP contribution in [-0.4, -0.2) is 50.4 Å². The van der Waals surface area contributed by atoms with Gasteiger partial charge in [0.2, 0.25) is 0 Å². The van der Waals surface area contributed by atoms with Gasteiger partial charge in [-0.25, -0.2) is 4.79 Å². The monoisotopic (exact) mass is 340 g/mol. The zero-order valence-electron chi connectivity index (χ0n) is 14.0. The van der Waals surface area contributed by atoms with Gasteiger partial charge in [0.25, 0.3) is 0 Å². The number of hydrogen-bond donors (Lipinski definition) is 1. The maximum atomic E-state index is 12.5. The molecule has 0 bridgehead atoms. The lowest BCUT2D eigenvalue weighted by Crippen LogP contribution is -2.48. The number of benzene rings is 2. The molecule has 25 heavy (non-hydrogen) atoms. The summed E-state index contributed by atoms with van der Waals surface area (Å²) in [5, 5.41) is 5.06. The van der Waals surface area contributed by atoms with Crippen molar-refractivity contribution in [3.63, 3.8) is 0 Å². The molecule has 0 unspecified atom stereocenters. The van der Waals surface area contributed by atoms with Gasteiger partial charge >= 0.3 is 6.03 Å². The number of amides is 2. The molecule has 1 aliphatic heterocycles. The third kappa shape index (κ3) is 3.18. The first kappa shape index (κ1) is 15.9. The van der Waals surface area contributed by atoms with E-state index in [9.17, 15) is 4.79 Å². The van der Waals surface area contributed by atoms with E-state index < -0.39 is 0 Å².